The summed E-state index contributed by atoms with van der Waals surface area (Å²) in [5.41, 5.74) is -2.31. The number of Topliss-reactive ketones (excluding diaryl/α,β-unsaturated/α-hetero) is 1. The SMILES string of the molecule is O=C(Cc1cccc(C(F)(F)F)n1)C1CC(S(=O)(=O)c2cccc(C(F)(F)F)c2)C1. The number of aromatic nitrogens is 1. The van der Waals surface area contributed by atoms with Gasteiger partial charge in [0.1, 0.15) is 11.5 Å². The first-order valence-corrected chi connectivity index (χ1v) is 10.3. The van der Waals surface area contributed by atoms with Crippen LogP contribution in [0.2, 0.25) is 0 Å². The number of nitrogens with zero attached hydrogens (tertiary/aromatic N) is 1. The van der Waals surface area contributed by atoms with Crippen LogP contribution in [-0.2, 0) is 33.4 Å². The number of benzene rings is 1. The van der Waals surface area contributed by atoms with Gasteiger partial charge in [-0.2, -0.15) is 26.3 Å². The number of halogens is 6. The fourth-order valence-corrected chi connectivity index (χ4v) is 5.10. The Morgan fingerprint density at radius 1 is 0.967 bits per heavy atom. The molecule has 0 aliphatic heterocycles. The van der Waals surface area contributed by atoms with E-state index in [2.05, 4.69) is 4.98 Å². The number of pyridine rings is 1. The van der Waals surface area contributed by atoms with Gasteiger partial charge in [0.25, 0.3) is 0 Å². The molecule has 4 nitrogen and oxygen atoms in total. The van der Waals surface area contributed by atoms with Crippen LogP contribution in [0.25, 0.3) is 0 Å². The molecule has 2 aromatic rings. The normalized spacial score (nSPS) is 19.9. The van der Waals surface area contributed by atoms with Crippen molar-refractivity contribution in [3.05, 3.63) is 59.4 Å². The molecular weight excluding hydrogens is 436 g/mol. The number of rotatable bonds is 5. The van der Waals surface area contributed by atoms with E-state index in [4.69, 9.17) is 0 Å². The first-order chi connectivity index (χ1) is 13.8. The second kappa shape index (κ2) is 7.68. The van der Waals surface area contributed by atoms with Crippen LogP contribution >= 0.6 is 0 Å². The second-order valence-electron chi connectivity index (χ2n) is 7.02. The van der Waals surface area contributed by atoms with Crippen molar-refractivity contribution in [3.63, 3.8) is 0 Å². The molecule has 0 amide bonds. The molecule has 0 unspecified atom stereocenters. The van der Waals surface area contributed by atoms with Crippen LogP contribution in [0, 0.1) is 5.92 Å². The molecule has 1 fully saturated rings. The minimum absolute atomic E-state index is 0.0842. The molecule has 1 aromatic carbocycles. The summed E-state index contributed by atoms with van der Waals surface area (Å²) >= 11 is 0. The third-order valence-corrected chi connectivity index (χ3v) is 7.11. The van der Waals surface area contributed by atoms with Crippen LogP contribution in [0.4, 0.5) is 26.3 Å². The van der Waals surface area contributed by atoms with Gasteiger partial charge in [-0.3, -0.25) is 4.79 Å². The summed E-state index contributed by atoms with van der Waals surface area (Å²) in [5.74, 6) is -1.16. The largest absolute Gasteiger partial charge is 0.433 e. The Kier molecular flexibility index (Phi) is 5.70. The van der Waals surface area contributed by atoms with Crippen molar-refractivity contribution in [1.82, 2.24) is 4.98 Å². The monoisotopic (exact) mass is 451 g/mol. The number of alkyl halides is 6. The smallest absolute Gasteiger partial charge is 0.299 e. The minimum atomic E-state index is -4.69. The number of ketones is 1. The van der Waals surface area contributed by atoms with E-state index >= 15 is 0 Å². The van der Waals surface area contributed by atoms with Crippen molar-refractivity contribution in [2.75, 3.05) is 0 Å². The van der Waals surface area contributed by atoms with Gasteiger partial charge in [-0.15, -0.1) is 0 Å². The molecule has 0 bridgehead atoms. The average Bonchev–Trinajstić information content (AvgIpc) is 2.59. The average molecular weight is 451 g/mol. The van der Waals surface area contributed by atoms with Crippen LogP contribution in [0.3, 0.4) is 0 Å². The van der Waals surface area contributed by atoms with Crippen LogP contribution in [0.15, 0.2) is 47.4 Å². The summed E-state index contributed by atoms with van der Waals surface area (Å²) in [4.78, 5) is 15.2. The summed E-state index contributed by atoms with van der Waals surface area (Å²) < 4.78 is 102. The number of hydrogen-bond acceptors (Lipinski definition) is 4. The zero-order valence-electron chi connectivity index (χ0n) is 15.2. The number of hydrogen-bond donors (Lipinski definition) is 0. The van der Waals surface area contributed by atoms with E-state index < -0.39 is 55.3 Å². The van der Waals surface area contributed by atoms with Gasteiger partial charge in [0.2, 0.25) is 0 Å². The zero-order valence-corrected chi connectivity index (χ0v) is 16.0. The summed E-state index contributed by atoms with van der Waals surface area (Å²) in [7, 11) is -4.07. The highest BCUT2D eigenvalue weighted by Crippen LogP contribution is 2.39. The fourth-order valence-electron chi connectivity index (χ4n) is 3.18. The topological polar surface area (TPSA) is 64.1 Å². The molecule has 1 aliphatic carbocycles. The Morgan fingerprint density at radius 3 is 2.20 bits per heavy atom. The van der Waals surface area contributed by atoms with Gasteiger partial charge in [0, 0.05) is 18.0 Å². The van der Waals surface area contributed by atoms with Gasteiger partial charge in [-0.1, -0.05) is 12.1 Å². The van der Waals surface area contributed by atoms with Gasteiger partial charge >= 0.3 is 12.4 Å². The molecule has 0 N–H and O–H groups in total. The van der Waals surface area contributed by atoms with Crippen molar-refractivity contribution in [1.29, 1.82) is 0 Å². The van der Waals surface area contributed by atoms with Crippen molar-refractivity contribution in [2.45, 2.75) is 41.8 Å². The molecule has 1 heterocycles. The summed E-state index contributed by atoms with van der Waals surface area (Å²) in [6, 6.07) is 6.53. The van der Waals surface area contributed by atoms with Gasteiger partial charge in [0.05, 0.1) is 15.7 Å². The first kappa shape index (κ1) is 22.3. The molecular formula is C19H15F6NO3S. The fraction of sp³-hybridized carbons (Fsp3) is 0.368. The lowest BCUT2D eigenvalue weighted by molar-refractivity contribution is -0.141. The van der Waals surface area contributed by atoms with E-state index in [1.54, 1.807) is 0 Å². The Morgan fingerprint density at radius 2 is 1.60 bits per heavy atom. The highest BCUT2D eigenvalue weighted by molar-refractivity contribution is 7.92. The van der Waals surface area contributed by atoms with Crippen molar-refractivity contribution >= 4 is 15.6 Å². The number of carbonyl (C=O) groups is 1. The molecule has 1 aromatic heterocycles. The molecule has 0 saturated heterocycles. The van der Waals surface area contributed by atoms with Crippen LogP contribution in [0.1, 0.15) is 29.8 Å². The van der Waals surface area contributed by atoms with Crippen molar-refractivity contribution in [3.8, 4) is 0 Å². The summed E-state index contributed by atoms with van der Waals surface area (Å²) in [6.45, 7) is 0. The lowest BCUT2D eigenvalue weighted by Gasteiger charge is -2.33. The molecule has 1 saturated carbocycles. The van der Waals surface area contributed by atoms with Gasteiger partial charge < -0.3 is 0 Å². The van der Waals surface area contributed by atoms with Crippen LogP contribution in [-0.4, -0.2) is 24.4 Å². The van der Waals surface area contributed by atoms with Crippen LogP contribution < -0.4 is 0 Å². The maximum Gasteiger partial charge on any atom is 0.433 e. The Balaban J connectivity index is 1.66. The predicted octanol–water partition coefficient (Wildman–Crippen LogP) is 4.48. The first-order valence-electron chi connectivity index (χ1n) is 8.75. The highest BCUT2D eigenvalue weighted by atomic mass is 32.2. The van der Waals surface area contributed by atoms with E-state index in [9.17, 15) is 39.6 Å². The van der Waals surface area contributed by atoms with E-state index in [1.807, 2.05) is 0 Å². The van der Waals surface area contributed by atoms with Crippen molar-refractivity contribution < 1.29 is 39.6 Å². The highest BCUT2D eigenvalue weighted by Gasteiger charge is 2.43. The van der Waals surface area contributed by atoms with E-state index in [1.165, 1.54) is 6.07 Å². The van der Waals surface area contributed by atoms with Gasteiger partial charge in [0.15, 0.2) is 9.84 Å². The third kappa shape index (κ3) is 4.66. The maximum atomic E-state index is 12.8. The molecule has 11 heteroatoms. The predicted molar refractivity (Wildman–Crippen MR) is 93.1 cm³/mol. The van der Waals surface area contributed by atoms with Crippen LogP contribution in [0.5, 0.6) is 0 Å². The Hall–Kier alpha value is -2.43. The molecule has 3 rings (SSSR count). The quantitative estimate of drug-likeness (QED) is 0.629. The Bertz CT molecular complexity index is 1060. The molecule has 1 aliphatic rings. The molecule has 0 radical (unpaired) electrons. The molecule has 30 heavy (non-hydrogen) atoms. The molecule has 162 valence electrons. The lowest BCUT2D eigenvalue weighted by atomic mass is 9.80. The van der Waals surface area contributed by atoms with E-state index in [-0.39, 0.29) is 25.0 Å². The van der Waals surface area contributed by atoms with Crippen molar-refractivity contribution in [2.24, 2.45) is 5.92 Å². The molecule has 0 atom stereocenters. The summed E-state index contributed by atoms with van der Waals surface area (Å²) in [6.07, 6.45) is -9.93. The van der Waals surface area contributed by atoms with E-state index in [0.29, 0.717) is 6.07 Å². The number of sulfone groups is 1. The zero-order chi connectivity index (χ0) is 22.3. The van der Waals surface area contributed by atoms with E-state index in [0.717, 1.165) is 30.3 Å². The third-order valence-electron chi connectivity index (χ3n) is 4.93. The Labute approximate surface area is 167 Å². The summed E-state index contributed by atoms with van der Waals surface area (Å²) in [5, 5.41) is -1.02. The van der Waals surface area contributed by atoms with Gasteiger partial charge in [-0.05, 0) is 43.2 Å². The maximum absolute atomic E-state index is 12.8. The minimum Gasteiger partial charge on any atom is -0.299 e. The lowest BCUT2D eigenvalue weighted by Crippen LogP contribution is -2.40. The number of carbonyl (C=O) groups excluding carboxylic acids is 1. The second-order valence-corrected chi connectivity index (χ2v) is 9.24. The standard InChI is InChI=1S/C19H15F6NO3S/c20-18(21,22)12-3-1-5-14(9-12)30(28,29)15-7-11(8-15)16(27)10-13-4-2-6-17(26-13)19(23,24)25/h1-6,9,11,15H,7-8,10H2. The molecule has 0 spiro atoms. The van der Waals surface area contributed by atoms with Gasteiger partial charge in [-0.25, -0.2) is 13.4 Å².